The van der Waals surface area contributed by atoms with E-state index in [0.717, 1.165) is 17.9 Å². The molecule has 0 saturated heterocycles. The van der Waals surface area contributed by atoms with E-state index < -0.39 is 22.7 Å². The third kappa shape index (κ3) is 10.9. The van der Waals surface area contributed by atoms with Crippen LogP contribution in [-0.4, -0.2) is 49.7 Å². The number of rotatable bonds is 21. The largest absolute Gasteiger partial charge is 0.494 e. The minimum atomic E-state index is -1.81. The molecule has 3 rings (SSSR count). The Morgan fingerprint density at radius 1 is 1.00 bits per heavy atom. The van der Waals surface area contributed by atoms with Gasteiger partial charge in [0.15, 0.2) is 11.5 Å². The summed E-state index contributed by atoms with van der Waals surface area (Å²) in [6.45, 7) is 8.80. The van der Waals surface area contributed by atoms with Crippen molar-refractivity contribution in [2.45, 2.75) is 104 Å². The lowest BCUT2D eigenvalue weighted by molar-refractivity contribution is -0.145. The highest BCUT2D eigenvalue weighted by molar-refractivity contribution is 7.78. The Labute approximate surface area is 257 Å². The summed E-state index contributed by atoms with van der Waals surface area (Å²) in [6, 6.07) is 7.02. The summed E-state index contributed by atoms with van der Waals surface area (Å²) in [5.41, 5.74) is 0.695. The molecule has 3 aromatic rings. The van der Waals surface area contributed by atoms with Crippen LogP contribution in [0.4, 0.5) is 0 Å². The lowest BCUT2D eigenvalue weighted by Crippen LogP contribution is -2.30. The number of H-pyrrole nitrogens is 1. The third-order valence-corrected chi connectivity index (χ3v) is 8.21. The first-order valence-electron chi connectivity index (χ1n) is 15.0. The van der Waals surface area contributed by atoms with Gasteiger partial charge >= 0.3 is 5.97 Å². The van der Waals surface area contributed by atoms with Gasteiger partial charge in [0.05, 0.1) is 24.1 Å². The zero-order chi connectivity index (χ0) is 30.4. The summed E-state index contributed by atoms with van der Waals surface area (Å²) < 4.78 is 33.3. The standard InChI is InChI=1S/C30H46ClN5O5S/c1-5-6-7-8-9-10-11-12-13-14-21-39-24-15-17-25(18-16-24)41-42(38)32-20-19-26(37)40-22-30(3,4)29-34-33-28-27(31)23(2)35-36(28)29/h15-18,32,35H,5-14,19-22H2,1-4H3. The number of hydrogen-bond donors (Lipinski definition) is 2. The number of fused-ring (bicyclic) bond motifs is 1. The van der Waals surface area contributed by atoms with E-state index in [1.165, 1.54) is 57.8 Å². The predicted molar refractivity (Wildman–Crippen MR) is 166 cm³/mol. The number of aryl methyl sites for hydroxylation is 1. The lowest BCUT2D eigenvalue weighted by Gasteiger charge is -2.21. The highest BCUT2D eigenvalue weighted by Crippen LogP contribution is 2.27. The molecule has 0 aliphatic carbocycles. The Bertz CT molecular complexity index is 1260. The van der Waals surface area contributed by atoms with Gasteiger partial charge in [0, 0.05) is 6.54 Å². The Balaban J connectivity index is 1.25. The fraction of sp³-hybridized carbons (Fsp3) is 0.633. The van der Waals surface area contributed by atoms with Crippen LogP contribution < -0.4 is 13.6 Å². The number of nitrogens with one attached hydrogen (secondary N) is 2. The lowest BCUT2D eigenvalue weighted by atomic mass is 9.94. The summed E-state index contributed by atoms with van der Waals surface area (Å²) >= 11 is 4.43. The molecule has 2 N–H and O–H groups in total. The first-order valence-corrected chi connectivity index (χ1v) is 16.5. The maximum atomic E-state index is 12.3. The molecule has 42 heavy (non-hydrogen) atoms. The van der Waals surface area contributed by atoms with Crippen LogP contribution in [0.2, 0.25) is 5.02 Å². The molecule has 0 amide bonds. The van der Waals surface area contributed by atoms with E-state index >= 15 is 0 Å². The summed E-state index contributed by atoms with van der Waals surface area (Å²) in [6.07, 6.45) is 12.9. The van der Waals surface area contributed by atoms with Crippen molar-refractivity contribution in [3.05, 3.63) is 40.8 Å². The molecule has 1 atom stereocenters. The van der Waals surface area contributed by atoms with Crippen molar-refractivity contribution < 1.29 is 22.7 Å². The molecule has 10 nitrogen and oxygen atoms in total. The van der Waals surface area contributed by atoms with Crippen molar-refractivity contribution in [2.75, 3.05) is 19.8 Å². The van der Waals surface area contributed by atoms with Gasteiger partial charge in [-0.25, -0.2) is 9.24 Å². The fourth-order valence-electron chi connectivity index (χ4n) is 4.48. The molecule has 1 unspecified atom stereocenters. The van der Waals surface area contributed by atoms with Crippen molar-refractivity contribution in [3.63, 3.8) is 0 Å². The normalized spacial score (nSPS) is 12.5. The van der Waals surface area contributed by atoms with Gasteiger partial charge in [-0.05, 0) is 51.5 Å². The maximum absolute atomic E-state index is 12.3. The number of aromatic amines is 1. The SMILES string of the molecule is CCCCCCCCCCCCOc1ccc(OS(=O)NCCC(=O)OCC(C)(C)c2nnc3c(Cl)c(C)[nH]n23)cc1. The summed E-state index contributed by atoms with van der Waals surface area (Å²) in [5.74, 6) is 1.36. The van der Waals surface area contributed by atoms with Crippen molar-refractivity contribution in [2.24, 2.45) is 0 Å². The van der Waals surface area contributed by atoms with Crippen LogP contribution in [-0.2, 0) is 26.2 Å². The van der Waals surface area contributed by atoms with Gasteiger partial charge in [-0.1, -0.05) is 76.3 Å². The quantitative estimate of drug-likeness (QED) is 0.0991. The van der Waals surface area contributed by atoms with E-state index in [1.807, 2.05) is 20.8 Å². The molecule has 0 saturated carbocycles. The molecule has 0 aliphatic heterocycles. The van der Waals surface area contributed by atoms with Gasteiger partial charge < -0.3 is 13.7 Å². The zero-order valence-electron chi connectivity index (χ0n) is 25.4. The number of esters is 1. The third-order valence-electron chi connectivity index (χ3n) is 6.98. The van der Waals surface area contributed by atoms with Gasteiger partial charge in [-0.15, -0.1) is 10.2 Å². The average molecular weight is 624 g/mol. The second-order valence-electron chi connectivity index (χ2n) is 11.2. The van der Waals surface area contributed by atoms with E-state index in [0.29, 0.717) is 28.9 Å². The van der Waals surface area contributed by atoms with E-state index in [-0.39, 0.29) is 19.6 Å². The first-order chi connectivity index (χ1) is 20.2. The number of unbranched alkanes of at least 4 members (excludes halogenated alkanes) is 9. The van der Waals surface area contributed by atoms with Gasteiger partial charge in [-0.3, -0.25) is 9.89 Å². The smallest absolute Gasteiger partial charge is 0.307 e. The molecule has 0 fully saturated rings. The Morgan fingerprint density at radius 3 is 2.29 bits per heavy atom. The van der Waals surface area contributed by atoms with Crippen LogP contribution in [0.25, 0.3) is 5.65 Å². The van der Waals surface area contributed by atoms with Crippen LogP contribution in [0.1, 0.15) is 103 Å². The molecule has 234 valence electrons. The summed E-state index contributed by atoms with van der Waals surface area (Å²) in [5, 5.41) is 12.0. The number of hydrogen-bond acceptors (Lipinski definition) is 7. The fourth-order valence-corrected chi connectivity index (χ4v) is 5.25. The number of carbonyl (C=O) groups is 1. The first kappa shape index (κ1) is 33.9. The molecule has 0 aliphatic rings. The molecule has 0 spiro atoms. The number of nitrogens with zero attached hydrogens (tertiary/aromatic N) is 3. The molecular weight excluding hydrogens is 578 g/mol. The van der Waals surface area contributed by atoms with Gasteiger partial charge in [0.25, 0.3) is 11.3 Å². The van der Waals surface area contributed by atoms with Crippen molar-refractivity contribution >= 4 is 34.5 Å². The van der Waals surface area contributed by atoms with Crippen molar-refractivity contribution in [1.29, 1.82) is 0 Å². The molecule has 0 radical (unpaired) electrons. The van der Waals surface area contributed by atoms with Gasteiger partial charge in [0.1, 0.15) is 23.1 Å². The Morgan fingerprint density at radius 2 is 1.62 bits per heavy atom. The summed E-state index contributed by atoms with van der Waals surface area (Å²) in [7, 11) is 0. The predicted octanol–water partition coefficient (Wildman–Crippen LogP) is 6.78. The molecule has 12 heteroatoms. The average Bonchev–Trinajstić information content (AvgIpc) is 3.51. The number of benzene rings is 1. The Kier molecular flexibility index (Phi) is 14.1. The molecule has 0 bridgehead atoms. The van der Waals surface area contributed by atoms with Crippen LogP contribution in [0.5, 0.6) is 11.5 Å². The van der Waals surface area contributed by atoms with Crippen LogP contribution in [0.15, 0.2) is 24.3 Å². The van der Waals surface area contributed by atoms with Gasteiger partial charge in [0.2, 0.25) is 0 Å². The van der Waals surface area contributed by atoms with E-state index in [1.54, 1.807) is 28.8 Å². The summed E-state index contributed by atoms with van der Waals surface area (Å²) in [4.78, 5) is 12.3. The van der Waals surface area contributed by atoms with Gasteiger partial charge in [-0.2, -0.15) is 4.21 Å². The van der Waals surface area contributed by atoms with E-state index in [2.05, 4.69) is 26.9 Å². The number of halogens is 1. The molecule has 2 heterocycles. The van der Waals surface area contributed by atoms with Crippen molar-refractivity contribution in [1.82, 2.24) is 24.5 Å². The number of aromatic nitrogens is 4. The van der Waals surface area contributed by atoms with Crippen LogP contribution >= 0.6 is 11.6 Å². The minimum absolute atomic E-state index is 0.0274. The molecule has 2 aromatic heterocycles. The van der Waals surface area contributed by atoms with Crippen molar-refractivity contribution in [3.8, 4) is 11.5 Å². The number of carbonyl (C=O) groups excluding carboxylic acids is 1. The second kappa shape index (κ2) is 17.5. The van der Waals surface area contributed by atoms with Crippen LogP contribution in [0, 0.1) is 6.92 Å². The van der Waals surface area contributed by atoms with Crippen LogP contribution in [0.3, 0.4) is 0 Å². The second-order valence-corrected chi connectivity index (χ2v) is 12.5. The topological polar surface area (TPSA) is 120 Å². The molecular formula is C30H46ClN5O5S. The van der Waals surface area contributed by atoms with E-state index in [9.17, 15) is 9.00 Å². The highest BCUT2D eigenvalue weighted by Gasteiger charge is 2.30. The monoisotopic (exact) mass is 623 g/mol. The van der Waals surface area contributed by atoms with E-state index in [4.69, 9.17) is 25.3 Å². The number of ether oxygens (including phenoxy) is 2. The maximum Gasteiger partial charge on any atom is 0.307 e. The zero-order valence-corrected chi connectivity index (χ0v) is 27.0. The highest BCUT2D eigenvalue weighted by atomic mass is 35.5. The minimum Gasteiger partial charge on any atom is -0.494 e. The Hall–Kier alpha value is -2.63. The molecule has 1 aromatic carbocycles.